The molecule has 1 amide bonds. The molecule has 0 saturated heterocycles. The number of hydrogen-bond donors (Lipinski definition) is 2. The van der Waals surface area contributed by atoms with E-state index in [4.69, 9.17) is 0 Å². The van der Waals surface area contributed by atoms with Gasteiger partial charge in [0.1, 0.15) is 27.8 Å². The van der Waals surface area contributed by atoms with Crippen molar-refractivity contribution in [1.82, 2.24) is 9.88 Å². The lowest BCUT2D eigenvalue weighted by atomic mass is 9.84. The Hall–Kier alpha value is -4.05. The number of aromatic amines is 1. The van der Waals surface area contributed by atoms with Crippen molar-refractivity contribution >= 4 is 21.6 Å². The minimum Gasteiger partial charge on any atom is -0.509 e. The maximum atomic E-state index is 13.8. The average Bonchev–Trinajstić information content (AvgIpc) is 3.24. The van der Waals surface area contributed by atoms with Crippen molar-refractivity contribution < 1.29 is 22.7 Å². The molecule has 190 valence electrons. The number of rotatable bonds is 4. The summed E-state index contributed by atoms with van der Waals surface area (Å²) < 4.78 is 43.9. The van der Waals surface area contributed by atoms with Gasteiger partial charge < -0.3 is 15.0 Å². The molecule has 0 spiro atoms. The molecule has 2 N–H and O–H groups in total. The van der Waals surface area contributed by atoms with E-state index in [9.17, 15) is 27.5 Å². The SMILES string of the molecule is CC(C)(C)[C@H]1C(O)=C(C2=NS(=O)(=O)c3c2cccc3-c2ccc(=O)[nH]c2)C(=O)N1Cc1ccc(F)cc1. The minimum atomic E-state index is -4.22. The molecule has 3 heterocycles. The Morgan fingerprint density at radius 1 is 1.03 bits per heavy atom. The number of sulfonamides is 1. The molecule has 0 saturated carbocycles. The van der Waals surface area contributed by atoms with Gasteiger partial charge in [-0.3, -0.25) is 9.59 Å². The molecule has 0 fully saturated rings. The molecule has 1 atom stereocenters. The van der Waals surface area contributed by atoms with Gasteiger partial charge in [-0.25, -0.2) is 4.39 Å². The standard InChI is InChI=1S/C27H24FN3O5S/c1-27(2,3)25-23(33)21(26(34)31(25)14-15-7-10-17(28)11-8-15)22-19-6-4-5-18(24(19)37(35,36)30-22)16-9-12-20(32)29-13-16/h4-13,25,33H,14H2,1-3H3,(H,29,32)/t25-/m1/s1. The highest BCUT2D eigenvalue weighted by atomic mass is 32.2. The molecule has 2 aliphatic rings. The van der Waals surface area contributed by atoms with Crippen molar-refractivity contribution in [2.24, 2.45) is 9.81 Å². The Bertz CT molecular complexity index is 1640. The van der Waals surface area contributed by atoms with Crippen LogP contribution in [0.25, 0.3) is 11.1 Å². The summed E-state index contributed by atoms with van der Waals surface area (Å²) in [5, 5.41) is 11.4. The van der Waals surface area contributed by atoms with E-state index in [1.807, 2.05) is 20.8 Å². The lowest BCUT2D eigenvalue weighted by Gasteiger charge is -2.35. The molecule has 1 aromatic heterocycles. The maximum absolute atomic E-state index is 13.8. The number of aliphatic hydroxyl groups is 1. The normalized spacial score (nSPS) is 18.8. The smallest absolute Gasteiger partial charge is 0.284 e. The first-order valence-electron chi connectivity index (χ1n) is 11.5. The summed E-state index contributed by atoms with van der Waals surface area (Å²) in [4.78, 5) is 29.2. The Morgan fingerprint density at radius 2 is 1.70 bits per heavy atom. The van der Waals surface area contributed by atoms with Crippen LogP contribution in [0.15, 0.2) is 86.2 Å². The molecule has 0 unspecified atom stereocenters. The van der Waals surface area contributed by atoms with Gasteiger partial charge in [-0.1, -0.05) is 51.1 Å². The van der Waals surface area contributed by atoms with Crippen LogP contribution in [0.5, 0.6) is 0 Å². The fourth-order valence-electron chi connectivity index (χ4n) is 4.91. The number of carbonyl (C=O) groups excluding carboxylic acids is 1. The van der Waals surface area contributed by atoms with E-state index in [0.717, 1.165) is 0 Å². The Labute approximate surface area is 212 Å². The third kappa shape index (κ3) is 4.17. The van der Waals surface area contributed by atoms with Gasteiger partial charge in [0.2, 0.25) is 5.56 Å². The summed E-state index contributed by atoms with van der Waals surface area (Å²) in [7, 11) is -4.22. The Morgan fingerprint density at radius 3 is 2.32 bits per heavy atom. The van der Waals surface area contributed by atoms with Gasteiger partial charge in [0, 0.05) is 29.9 Å². The number of nitrogens with one attached hydrogen (secondary N) is 1. The second kappa shape index (κ2) is 8.52. The van der Waals surface area contributed by atoms with Crippen LogP contribution in [-0.2, 0) is 21.4 Å². The van der Waals surface area contributed by atoms with Gasteiger partial charge >= 0.3 is 0 Å². The molecule has 2 aromatic carbocycles. The summed E-state index contributed by atoms with van der Waals surface area (Å²) in [6.45, 7) is 5.66. The van der Waals surface area contributed by atoms with Crippen LogP contribution in [0.3, 0.4) is 0 Å². The summed E-state index contributed by atoms with van der Waals surface area (Å²) >= 11 is 0. The number of aliphatic hydroxyl groups excluding tert-OH is 1. The van der Waals surface area contributed by atoms with E-state index in [0.29, 0.717) is 16.7 Å². The van der Waals surface area contributed by atoms with Crippen molar-refractivity contribution in [2.45, 2.75) is 38.3 Å². The Kier molecular flexibility index (Phi) is 5.67. The highest BCUT2D eigenvalue weighted by molar-refractivity contribution is 7.91. The van der Waals surface area contributed by atoms with Crippen LogP contribution < -0.4 is 5.56 Å². The zero-order chi connectivity index (χ0) is 26.7. The van der Waals surface area contributed by atoms with E-state index >= 15 is 0 Å². The van der Waals surface area contributed by atoms with Crippen LogP contribution in [0.4, 0.5) is 4.39 Å². The fourth-order valence-corrected chi connectivity index (χ4v) is 6.33. The summed E-state index contributed by atoms with van der Waals surface area (Å²) in [5.74, 6) is -1.25. The van der Waals surface area contributed by atoms with E-state index in [1.54, 1.807) is 24.3 Å². The van der Waals surface area contributed by atoms with Crippen LogP contribution in [0.1, 0.15) is 31.9 Å². The minimum absolute atomic E-state index is 0.0823. The molecule has 0 bridgehead atoms. The molecule has 2 aliphatic heterocycles. The lowest BCUT2D eigenvalue weighted by Crippen LogP contribution is -2.43. The molecule has 8 nitrogen and oxygen atoms in total. The number of benzene rings is 2. The van der Waals surface area contributed by atoms with Crippen LogP contribution in [0.2, 0.25) is 0 Å². The fraction of sp³-hybridized carbons (Fsp3) is 0.222. The molecule has 5 rings (SSSR count). The van der Waals surface area contributed by atoms with E-state index in [2.05, 4.69) is 9.38 Å². The molecule has 0 aliphatic carbocycles. The summed E-state index contributed by atoms with van der Waals surface area (Å²) in [6.07, 6.45) is 1.41. The Balaban J connectivity index is 1.64. The first kappa shape index (κ1) is 24.6. The number of aromatic nitrogens is 1. The molecule has 10 heteroatoms. The second-order valence-electron chi connectivity index (χ2n) is 10.1. The first-order chi connectivity index (χ1) is 17.4. The monoisotopic (exact) mass is 521 g/mol. The largest absolute Gasteiger partial charge is 0.509 e. The predicted octanol–water partition coefficient (Wildman–Crippen LogP) is 3.94. The number of nitrogens with zero attached hydrogens (tertiary/aromatic N) is 2. The molecule has 0 radical (unpaired) electrons. The van der Waals surface area contributed by atoms with Crippen LogP contribution in [0, 0.1) is 11.2 Å². The molecular formula is C27H24FN3O5S. The maximum Gasteiger partial charge on any atom is 0.284 e. The zero-order valence-corrected chi connectivity index (χ0v) is 21.1. The topological polar surface area (TPSA) is 120 Å². The third-order valence-corrected chi connectivity index (χ3v) is 7.84. The first-order valence-corrected chi connectivity index (χ1v) is 13.0. The second-order valence-corrected chi connectivity index (χ2v) is 11.7. The third-order valence-electron chi connectivity index (χ3n) is 6.46. The van der Waals surface area contributed by atoms with Crippen molar-refractivity contribution in [3.05, 3.63) is 99.4 Å². The number of hydrogen-bond acceptors (Lipinski definition) is 5. The number of pyridine rings is 1. The van der Waals surface area contributed by atoms with Crippen LogP contribution in [-0.4, -0.2) is 41.1 Å². The van der Waals surface area contributed by atoms with Gasteiger partial charge in [-0.05, 0) is 34.7 Å². The number of amides is 1. The number of carbonyl (C=O) groups is 1. The number of H-pyrrole nitrogens is 1. The highest BCUT2D eigenvalue weighted by Crippen LogP contribution is 2.42. The predicted molar refractivity (Wildman–Crippen MR) is 136 cm³/mol. The average molecular weight is 522 g/mol. The van der Waals surface area contributed by atoms with Gasteiger partial charge in [0.15, 0.2) is 0 Å². The van der Waals surface area contributed by atoms with E-state index in [1.165, 1.54) is 41.4 Å². The quantitative estimate of drug-likeness (QED) is 0.539. The van der Waals surface area contributed by atoms with E-state index in [-0.39, 0.29) is 39.6 Å². The number of halogens is 1. The van der Waals surface area contributed by atoms with Gasteiger partial charge in [-0.15, -0.1) is 0 Å². The summed E-state index contributed by atoms with van der Waals surface area (Å²) in [5.41, 5.74) is 0.362. The van der Waals surface area contributed by atoms with Crippen molar-refractivity contribution in [3.63, 3.8) is 0 Å². The van der Waals surface area contributed by atoms with Crippen molar-refractivity contribution in [2.75, 3.05) is 0 Å². The lowest BCUT2D eigenvalue weighted by molar-refractivity contribution is -0.129. The van der Waals surface area contributed by atoms with Gasteiger partial charge in [0.05, 0.1) is 6.04 Å². The molecule has 3 aromatic rings. The van der Waals surface area contributed by atoms with Crippen molar-refractivity contribution in [3.8, 4) is 11.1 Å². The summed E-state index contributed by atoms with van der Waals surface area (Å²) in [6, 6.07) is 12.5. The van der Waals surface area contributed by atoms with Gasteiger partial charge in [0.25, 0.3) is 15.9 Å². The number of fused-ring (bicyclic) bond motifs is 1. The highest BCUT2D eigenvalue weighted by Gasteiger charge is 2.49. The van der Waals surface area contributed by atoms with Gasteiger partial charge in [-0.2, -0.15) is 12.8 Å². The van der Waals surface area contributed by atoms with Crippen molar-refractivity contribution in [1.29, 1.82) is 0 Å². The molecular weight excluding hydrogens is 497 g/mol. The van der Waals surface area contributed by atoms with Crippen LogP contribution >= 0.6 is 0 Å². The van der Waals surface area contributed by atoms with E-state index < -0.39 is 33.2 Å². The zero-order valence-electron chi connectivity index (χ0n) is 20.3. The molecule has 37 heavy (non-hydrogen) atoms.